The molecular formula is C24H31BrN4O2. The molecule has 4 rings (SSSR count). The van der Waals surface area contributed by atoms with Crippen LogP contribution < -0.4 is 16.0 Å². The van der Waals surface area contributed by atoms with Crippen molar-refractivity contribution in [3.63, 3.8) is 0 Å². The Labute approximate surface area is 192 Å². The van der Waals surface area contributed by atoms with E-state index in [1.807, 2.05) is 25.1 Å². The molecule has 7 heteroatoms. The van der Waals surface area contributed by atoms with Gasteiger partial charge in [0.2, 0.25) is 0 Å². The normalized spacial score (nSPS) is 19.4. The molecule has 1 atom stereocenters. The van der Waals surface area contributed by atoms with Crippen LogP contribution >= 0.6 is 15.9 Å². The zero-order chi connectivity index (χ0) is 22.0. The number of carboxylic acids is 1. The highest BCUT2D eigenvalue weighted by molar-refractivity contribution is 9.10. The minimum absolute atomic E-state index is 0.392. The van der Waals surface area contributed by atoms with Crippen molar-refractivity contribution < 1.29 is 9.90 Å². The van der Waals surface area contributed by atoms with Crippen LogP contribution in [0.15, 0.2) is 34.8 Å². The van der Waals surface area contributed by atoms with E-state index in [1.165, 1.54) is 19.3 Å². The van der Waals surface area contributed by atoms with Crippen molar-refractivity contribution in [2.75, 3.05) is 35.6 Å². The van der Waals surface area contributed by atoms with Gasteiger partial charge in [-0.3, -0.25) is 0 Å². The van der Waals surface area contributed by atoms with Crippen molar-refractivity contribution in [1.29, 1.82) is 0 Å². The summed E-state index contributed by atoms with van der Waals surface area (Å²) in [6, 6.07) is 9.36. The third kappa shape index (κ3) is 5.14. The number of carboxylic acid groups (broad SMARTS) is 1. The summed E-state index contributed by atoms with van der Waals surface area (Å²) >= 11 is 3.51. The number of carbonyl (C=O) groups is 1. The van der Waals surface area contributed by atoms with Gasteiger partial charge in [-0.2, -0.15) is 0 Å². The van der Waals surface area contributed by atoms with E-state index < -0.39 is 5.97 Å². The lowest BCUT2D eigenvalue weighted by Gasteiger charge is -2.41. The first-order chi connectivity index (χ1) is 14.9. The molecule has 2 fully saturated rings. The number of anilines is 3. The topological polar surface area (TPSA) is 91.5 Å². The summed E-state index contributed by atoms with van der Waals surface area (Å²) in [7, 11) is 0. The van der Waals surface area contributed by atoms with Crippen LogP contribution in [0.4, 0.5) is 17.3 Å². The fraction of sp³-hybridized carbons (Fsp3) is 0.500. The maximum Gasteiger partial charge on any atom is 0.337 e. The quantitative estimate of drug-likeness (QED) is 0.437. The lowest BCUT2D eigenvalue weighted by molar-refractivity contribution is 0.0697. The summed E-state index contributed by atoms with van der Waals surface area (Å²) < 4.78 is 0.923. The van der Waals surface area contributed by atoms with Crippen LogP contribution in [0.25, 0.3) is 0 Å². The number of aryl methyl sites for hydroxylation is 1. The van der Waals surface area contributed by atoms with Gasteiger partial charge in [0, 0.05) is 24.1 Å². The second-order valence-corrected chi connectivity index (χ2v) is 10.0. The first-order valence-electron chi connectivity index (χ1n) is 11.1. The molecule has 1 unspecified atom stereocenters. The zero-order valence-corrected chi connectivity index (χ0v) is 19.6. The van der Waals surface area contributed by atoms with Crippen LogP contribution in [0.2, 0.25) is 0 Å². The average molecular weight is 487 g/mol. The summed E-state index contributed by atoms with van der Waals surface area (Å²) in [5.74, 6) is 1.15. The molecule has 1 aromatic carbocycles. The van der Waals surface area contributed by atoms with Gasteiger partial charge in [-0.05, 0) is 86.3 Å². The number of benzene rings is 1. The molecule has 1 aliphatic carbocycles. The molecule has 4 N–H and O–H groups in total. The number of hydrogen-bond donors (Lipinski definition) is 3. The average Bonchev–Trinajstić information content (AvgIpc) is 3.48. The largest absolute Gasteiger partial charge is 0.478 e. The maximum atomic E-state index is 11.7. The van der Waals surface area contributed by atoms with Crippen LogP contribution in [0.1, 0.15) is 54.4 Å². The molecule has 6 nitrogen and oxygen atoms in total. The highest BCUT2D eigenvalue weighted by Gasteiger charge is 2.51. The number of piperidine rings is 1. The van der Waals surface area contributed by atoms with E-state index in [0.29, 0.717) is 22.7 Å². The highest BCUT2D eigenvalue weighted by Crippen LogP contribution is 2.58. The van der Waals surface area contributed by atoms with Crippen LogP contribution in [-0.4, -0.2) is 35.7 Å². The molecule has 2 aromatic rings. The van der Waals surface area contributed by atoms with Crippen LogP contribution in [0.5, 0.6) is 0 Å². The number of hydrogen-bond acceptors (Lipinski definition) is 5. The fourth-order valence-electron chi connectivity index (χ4n) is 5.01. The van der Waals surface area contributed by atoms with E-state index >= 15 is 0 Å². The lowest BCUT2D eigenvalue weighted by atomic mass is 9.79. The summed E-state index contributed by atoms with van der Waals surface area (Å²) in [5.41, 5.74) is 8.66. The van der Waals surface area contributed by atoms with Gasteiger partial charge < -0.3 is 21.1 Å². The highest BCUT2D eigenvalue weighted by atomic mass is 79.9. The molecule has 1 aromatic heterocycles. The number of aromatic nitrogens is 1. The number of unbranched alkanes of at least 4 members (excludes halogenated alkanes) is 1. The van der Waals surface area contributed by atoms with Gasteiger partial charge in [0.05, 0.1) is 11.3 Å². The first kappa shape index (κ1) is 21.9. The number of rotatable bonds is 8. The Morgan fingerprint density at radius 3 is 2.81 bits per heavy atom. The molecular weight excluding hydrogens is 456 g/mol. The number of nitrogens with one attached hydrogen (secondary N) is 1. The number of pyridine rings is 1. The van der Waals surface area contributed by atoms with Crippen LogP contribution in [0, 0.1) is 18.3 Å². The zero-order valence-electron chi connectivity index (χ0n) is 18.0. The molecule has 2 heterocycles. The number of aromatic carboxylic acids is 1. The van der Waals surface area contributed by atoms with Gasteiger partial charge in [0.15, 0.2) is 0 Å². The van der Waals surface area contributed by atoms with Crippen molar-refractivity contribution in [2.45, 2.75) is 45.4 Å². The summed E-state index contributed by atoms with van der Waals surface area (Å²) in [4.78, 5) is 18.4. The molecule has 1 aliphatic heterocycles. The molecule has 0 amide bonds. The van der Waals surface area contributed by atoms with Crippen LogP contribution in [-0.2, 0) is 0 Å². The monoisotopic (exact) mass is 486 g/mol. The summed E-state index contributed by atoms with van der Waals surface area (Å²) in [6.45, 7) is 4.79. The standard InChI is InChI=1S/C24H31BrN4O2/c1-16-12-21(26)28-22(13-16)27-10-3-2-4-17-15-29(11-9-24(17)7-8-24)20-14-18(25)5-6-19(20)23(30)31/h5-6,12-14,17H,2-4,7-11,15H2,1H3,(H,30,31)(H3,26,27,28). The third-order valence-electron chi connectivity index (χ3n) is 6.88. The van der Waals surface area contributed by atoms with Gasteiger partial charge in [0.25, 0.3) is 0 Å². The Hall–Kier alpha value is -2.28. The fourth-order valence-corrected chi connectivity index (χ4v) is 5.36. The van der Waals surface area contributed by atoms with E-state index in [0.717, 1.165) is 60.4 Å². The van der Waals surface area contributed by atoms with E-state index in [1.54, 1.807) is 12.1 Å². The van der Waals surface area contributed by atoms with Crippen molar-refractivity contribution >= 4 is 39.2 Å². The van der Waals surface area contributed by atoms with Crippen molar-refractivity contribution in [2.24, 2.45) is 11.3 Å². The Kier molecular flexibility index (Phi) is 6.42. The Balaban J connectivity index is 1.34. The van der Waals surface area contributed by atoms with Crippen molar-refractivity contribution in [3.05, 3.63) is 45.9 Å². The molecule has 1 saturated heterocycles. The third-order valence-corrected chi connectivity index (χ3v) is 7.38. The maximum absolute atomic E-state index is 11.7. The van der Waals surface area contributed by atoms with Gasteiger partial charge in [0.1, 0.15) is 11.6 Å². The molecule has 2 aliphatic rings. The predicted molar refractivity (Wildman–Crippen MR) is 129 cm³/mol. The van der Waals surface area contributed by atoms with Crippen molar-refractivity contribution in [3.8, 4) is 0 Å². The number of nitrogen functional groups attached to an aromatic ring is 1. The second kappa shape index (κ2) is 9.07. The number of nitrogens with zero attached hydrogens (tertiary/aromatic N) is 2. The molecule has 31 heavy (non-hydrogen) atoms. The van der Waals surface area contributed by atoms with E-state index in [-0.39, 0.29) is 0 Å². The Morgan fingerprint density at radius 1 is 1.29 bits per heavy atom. The minimum atomic E-state index is -0.859. The molecule has 166 valence electrons. The van der Waals surface area contributed by atoms with E-state index in [2.05, 4.69) is 31.1 Å². The number of halogens is 1. The number of nitrogens with two attached hydrogens (primary N) is 1. The van der Waals surface area contributed by atoms with E-state index in [9.17, 15) is 9.90 Å². The second-order valence-electron chi connectivity index (χ2n) is 9.10. The molecule has 0 radical (unpaired) electrons. The first-order valence-corrected chi connectivity index (χ1v) is 11.9. The molecule has 1 saturated carbocycles. The van der Waals surface area contributed by atoms with Gasteiger partial charge >= 0.3 is 5.97 Å². The van der Waals surface area contributed by atoms with E-state index in [4.69, 9.17) is 5.73 Å². The van der Waals surface area contributed by atoms with Gasteiger partial charge in [-0.1, -0.05) is 22.4 Å². The smallest absolute Gasteiger partial charge is 0.337 e. The summed E-state index contributed by atoms with van der Waals surface area (Å²) in [5, 5.41) is 13.0. The minimum Gasteiger partial charge on any atom is -0.478 e. The van der Waals surface area contributed by atoms with Crippen LogP contribution in [0.3, 0.4) is 0 Å². The Bertz CT molecular complexity index is 940. The SMILES string of the molecule is Cc1cc(N)nc(NCCCCC2CN(c3cc(Br)ccc3C(=O)O)CCC23CC3)c1. The summed E-state index contributed by atoms with van der Waals surface area (Å²) in [6.07, 6.45) is 7.21. The molecule has 0 bridgehead atoms. The predicted octanol–water partition coefficient (Wildman–Crippen LogP) is 5.32. The van der Waals surface area contributed by atoms with Gasteiger partial charge in [-0.15, -0.1) is 0 Å². The lowest BCUT2D eigenvalue weighted by Crippen LogP contribution is -2.42. The molecule has 1 spiro atoms. The van der Waals surface area contributed by atoms with Gasteiger partial charge in [-0.25, -0.2) is 9.78 Å². The Morgan fingerprint density at radius 2 is 2.10 bits per heavy atom. The van der Waals surface area contributed by atoms with Crippen molar-refractivity contribution in [1.82, 2.24) is 4.98 Å².